The van der Waals surface area contributed by atoms with Gasteiger partial charge in [0.25, 0.3) is 0 Å². The van der Waals surface area contributed by atoms with Gasteiger partial charge in [-0.15, -0.1) is 0 Å². The highest BCUT2D eigenvalue weighted by Gasteiger charge is 2.08. The predicted octanol–water partition coefficient (Wildman–Crippen LogP) is 5.37. The number of halogens is 1. The molecule has 0 atom stereocenters. The number of carbonyl (C=O) groups is 1. The number of carboxylic acids is 1. The molecule has 0 spiro atoms. The first-order valence-electron chi connectivity index (χ1n) is 6.84. The van der Waals surface area contributed by atoms with E-state index in [0.29, 0.717) is 5.02 Å². The normalized spacial score (nSPS) is 10.4. The van der Waals surface area contributed by atoms with E-state index in [-0.39, 0.29) is 5.56 Å². The number of benzene rings is 3. The van der Waals surface area contributed by atoms with Gasteiger partial charge in [-0.1, -0.05) is 66.2 Å². The summed E-state index contributed by atoms with van der Waals surface area (Å²) in [5, 5.41) is 9.72. The molecular weight excluding hydrogens is 296 g/mol. The summed E-state index contributed by atoms with van der Waals surface area (Å²) in [6, 6.07) is 22.5. The lowest BCUT2D eigenvalue weighted by atomic mass is 9.99. The van der Waals surface area contributed by atoms with E-state index in [1.54, 1.807) is 18.2 Å². The standard InChI is InChI=1S/C19H13ClO2/c20-18-12-15(14-7-4-8-16(11-14)19(21)22)9-10-17(18)13-5-2-1-3-6-13/h1-12H,(H,21,22). The molecule has 0 bridgehead atoms. The van der Waals surface area contributed by atoms with Crippen LogP contribution < -0.4 is 0 Å². The van der Waals surface area contributed by atoms with Gasteiger partial charge in [0.05, 0.1) is 5.56 Å². The van der Waals surface area contributed by atoms with Gasteiger partial charge in [-0.05, 0) is 34.9 Å². The third-order valence-corrected chi connectivity index (χ3v) is 3.81. The topological polar surface area (TPSA) is 37.3 Å². The number of carboxylic acid groups (broad SMARTS) is 1. The van der Waals surface area contributed by atoms with Crippen molar-refractivity contribution in [3.8, 4) is 22.3 Å². The van der Waals surface area contributed by atoms with Crippen LogP contribution in [0.25, 0.3) is 22.3 Å². The van der Waals surface area contributed by atoms with Gasteiger partial charge in [0.2, 0.25) is 0 Å². The van der Waals surface area contributed by atoms with Crippen molar-refractivity contribution in [2.75, 3.05) is 0 Å². The van der Waals surface area contributed by atoms with Gasteiger partial charge in [-0.25, -0.2) is 4.79 Å². The summed E-state index contributed by atoms with van der Waals surface area (Å²) in [5.74, 6) is -0.936. The molecule has 0 aromatic heterocycles. The molecular formula is C19H13ClO2. The van der Waals surface area contributed by atoms with Gasteiger partial charge in [-0.2, -0.15) is 0 Å². The molecule has 3 aromatic carbocycles. The Balaban J connectivity index is 2.02. The van der Waals surface area contributed by atoms with E-state index >= 15 is 0 Å². The minimum atomic E-state index is -0.936. The molecule has 0 aliphatic carbocycles. The third-order valence-electron chi connectivity index (χ3n) is 3.50. The first-order chi connectivity index (χ1) is 10.6. The van der Waals surface area contributed by atoms with Crippen molar-refractivity contribution in [2.24, 2.45) is 0 Å². The van der Waals surface area contributed by atoms with Crippen LogP contribution in [0.1, 0.15) is 10.4 Å². The fourth-order valence-electron chi connectivity index (χ4n) is 2.38. The average Bonchev–Trinajstić information content (AvgIpc) is 2.55. The lowest BCUT2D eigenvalue weighted by Gasteiger charge is -2.08. The van der Waals surface area contributed by atoms with Gasteiger partial charge < -0.3 is 5.11 Å². The molecule has 0 radical (unpaired) electrons. The van der Waals surface area contributed by atoms with Crippen LogP contribution in [0.2, 0.25) is 5.02 Å². The van der Waals surface area contributed by atoms with E-state index < -0.39 is 5.97 Å². The van der Waals surface area contributed by atoms with Crippen LogP contribution in [0.4, 0.5) is 0 Å². The Kier molecular flexibility index (Phi) is 3.94. The second-order valence-corrected chi connectivity index (χ2v) is 5.35. The van der Waals surface area contributed by atoms with Crippen LogP contribution >= 0.6 is 11.6 Å². The first kappa shape index (κ1) is 14.4. The predicted molar refractivity (Wildman–Crippen MR) is 89.3 cm³/mol. The van der Waals surface area contributed by atoms with Crippen LogP contribution in [0.15, 0.2) is 72.8 Å². The molecule has 0 heterocycles. The Morgan fingerprint density at radius 1 is 0.773 bits per heavy atom. The quantitative estimate of drug-likeness (QED) is 0.706. The highest BCUT2D eigenvalue weighted by Crippen LogP contribution is 2.32. The summed E-state index contributed by atoms with van der Waals surface area (Å²) >= 11 is 6.40. The maximum Gasteiger partial charge on any atom is 0.335 e. The number of hydrogen-bond acceptors (Lipinski definition) is 1. The van der Waals surface area contributed by atoms with E-state index in [0.717, 1.165) is 22.3 Å². The van der Waals surface area contributed by atoms with Crippen LogP contribution in [0.3, 0.4) is 0 Å². The second kappa shape index (κ2) is 6.04. The highest BCUT2D eigenvalue weighted by atomic mass is 35.5. The molecule has 0 unspecified atom stereocenters. The summed E-state index contributed by atoms with van der Waals surface area (Å²) in [4.78, 5) is 11.1. The molecule has 3 heteroatoms. The van der Waals surface area contributed by atoms with Crippen molar-refractivity contribution in [1.82, 2.24) is 0 Å². The van der Waals surface area contributed by atoms with Crippen LogP contribution in [-0.4, -0.2) is 11.1 Å². The van der Waals surface area contributed by atoms with Crippen molar-refractivity contribution in [1.29, 1.82) is 0 Å². The number of rotatable bonds is 3. The monoisotopic (exact) mass is 308 g/mol. The summed E-state index contributed by atoms with van der Waals surface area (Å²) in [6.45, 7) is 0. The third kappa shape index (κ3) is 2.87. The Morgan fingerprint density at radius 3 is 2.14 bits per heavy atom. The molecule has 0 saturated heterocycles. The SMILES string of the molecule is O=C(O)c1cccc(-c2ccc(-c3ccccc3)c(Cl)c2)c1. The van der Waals surface area contributed by atoms with Gasteiger partial charge >= 0.3 is 5.97 Å². The zero-order chi connectivity index (χ0) is 15.5. The Bertz CT molecular complexity index is 826. The molecule has 2 nitrogen and oxygen atoms in total. The van der Waals surface area contributed by atoms with Crippen molar-refractivity contribution >= 4 is 17.6 Å². The van der Waals surface area contributed by atoms with Crippen molar-refractivity contribution in [3.05, 3.63) is 83.4 Å². The van der Waals surface area contributed by atoms with E-state index in [1.165, 1.54) is 0 Å². The zero-order valence-electron chi connectivity index (χ0n) is 11.7. The van der Waals surface area contributed by atoms with E-state index in [2.05, 4.69) is 0 Å². The summed E-state index contributed by atoms with van der Waals surface area (Å²) < 4.78 is 0. The summed E-state index contributed by atoms with van der Waals surface area (Å²) in [7, 11) is 0. The largest absolute Gasteiger partial charge is 0.478 e. The molecule has 3 rings (SSSR count). The minimum Gasteiger partial charge on any atom is -0.478 e. The summed E-state index contributed by atoms with van der Waals surface area (Å²) in [5.41, 5.74) is 4.01. The van der Waals surface area contributed by atoms with Crippen LogP contribution in [-0.2, 0) is 0 Å². The highest BCUT2D eigenvalue weighted by molar-refractivity contribution is 6.33. The van der Waals surface area contributed by atoms with E-state index in [1.807, 2.05) is 54.6 Å². The molecule has 0 amide bonds. The molecule has 0 aliphatic rings. The molecule has 0 aliphatic heterocycles. The fourth-order valence-corrected chi connectivity index (χ4v) is 2.67. The maximum absolute atomic E-state index is 11.1. The average molecular weight is 309 g/mol. The van der Waals surface area contributed by atoms with Crippen molar-refractivity contribution in [3.63, 3.8) is 0 Å². The van der Waals surface area contributed by atoms with Gasteiger partial charge in [-0.3, -0.25) is 0 Å². The van der Waals surface area contributed by atoms with E-state index in [4.69, 9.17) is 16.7 Å². The van der Waals surface area contributed by atoms with E-state index in [9.17, 15) is 4.79 Å². The second-order valence-electron chi connectivity index (χ2n) is 4.95. The molecule has 108 valence electrons. The number of hydrogen-bond donors (Lipinski definition) is 1. The zero-order valence-corrected chi connectivity index (χ0v) is 12.4. The molecule has 22 heavy (non-hydrogen) atoms. The first-order valence-corrected chi connectivity index (χ1v) is 7.21. The van der Waals surface area contributed by atoms with Gasteiger partial charge in [0.15, 0.2) is 0 Å². The Labute approximate surface area is 133 Å². The fraction of sp³-hybridized carbons (Fsp3) is 0. The van der Waals surface area contributed by atoms with Gasteiger partial charge in [0.1, 0.15) is 0 Å². The maximum atomic E-state index is 11.1. The molecule has 3 aromatic rings. The Hall–Kier alpha value is -2.58. The van der Waals surface area contributed by atoms with Crippen LogP contribution in [0, 0.1) is 0 Å². The lowest BCUT2D eigenvalue weighted by molar-refractivity contribution is 0.0697. The minimum absolute atomic E-state index is 0.265. The van der Waals surface area contributed by atoms with Crippen molar-refractivity contribution in [2.45, 2.75) is 0 Å². The molecule has 0 fully saturated rings. The summed E-state index contributed by atoms with van der Waals surface area (Å²) in [6.07, 6.45) is 0. The number of aromatic carboxylic acids is 1. The Morgan fingerprint density at radius 2 is 1.45 bits per heavy atom. The van der Waals surface area contributed by atoms with Gasteiger partial charge in [0, 0.05) is 10.6 Å². The van der Waals surface area contributed by atoms with Crippen molar-refractivity contribution < 1.29 is 9.90 Å². The smallest absolute Gasteiger partial charge is 0.335 e. The lowest BCUT2D eigenvalue weighted by Crippen LogP contribution is -1.95. The van der Waals surface area contributed by atoms with Crippen LogP contribution in [0.5, 0.6) is 0 Å². The molecule has 1 N–H and O–H groups in total. The molecule has 0 saturated carbocycles.